The van der Waals surface area contributed by atoms with E-state index in [9.17, 15) is 14.0 Å². The first-order valence-corrected chi connectivity index (χ1v) is 7.59. The topological polar surface area (TPSA) is 60.7 Å². The molecule has 120 valence electrons. The second kappa shape index (κ2) is 5.42. The van der Waals surface area contributed by atoms with Crippen LogP contribution in [0.15, 0.2) is 47.4 Å². The Balaban J connectivity index is 1.99. The number of pyridine rings is 1. The monoisotopic (exact) mass is 344 g/mol. The fourth-order valence-corrected chi connectivity index (χ4v) is 3.08. The SMILES string of the molecule is O=C1C[C@@H](c2ccc(F)c(Cl)c2)c2c(nc3ccccn3c2=O)O1. The number of hydrogen-bond acceptors (Lipinski definition) is 4. The highest BCUT2D eigenvalue weighted by Gasteiger charge is 2.33. The van der Waals surface area contributed by atoms with Gasteiger partial charge in [-0.05, 0) is 29.8 Å². The van der Waals surface area contributed by atoms with E-state index < -0.39 is 17.7 Å². The van der Waals surface area contributed by atoms with Gasteiger partial charge in [0.15, 0.2) is 0 Å². The highest BCUT2D eigenvalue weighted by Crippen LogP contribution is 2.36. The Hall–Kier alpha value is -2.73. The van der Waals surface area contributed by atoms with E-state index in [-0.39, 0.29) is 28.4 Å². The first-order valence-electron chi connectivity index (χ1n) is 7.21. The summed E-state index contributed by atoms with van der Waals surface area (Å²) in [5.41, 5.74) is 0.885. The van der Waals surface area contributed by atoms with E-state index >= 15 is 0 Å². The summed E-state index contributed by atoms with van der Waals surface area (Å²) >= 11 is 5.84. The minimum atomic E-state index is -0.587. The van der Waals surface area contributed by atoms with Crippen LogP contribution in [0.2, 0.25) is 5.02 Å². The molecule has 0 bridgehead atoms. The van der Waals surface area contributed by atoms with E-state index in [1.165, 1.54) is 22.6 Å². The summed E-state index contributed by atoms with van der Waals surface area (Å²) in [7, 11) is 0. The van der Waals surface area contributed by atoms with Gasteiger partial charge in [-0.25, -0.2) is 4.39 Å². The number of carbonyl (C=O) groups excluding carboxylic acids is 1. The number of hydrogen-bond donors (Lipinski definition) is 0. The van der Waals surface area contributed by atoms with Crippen molar-refractivity contribution in [2.45, 2.75) is 12.3 Å². The lowest BCUT2D eigenvalue weighted by Gasteiger charge is -2.23. The minimum absolute atomic E-state index is 0.00658. The average molecular weight is 345 g/mol. The zero-order valence-corrected chi connectivity index (χ0v) is 13.0. The largest absolute Gasteiger partial charge is 0.407 e. The van der Waals surface area contributed by atoms with Gasteiger partial charge in [0.1, 0.15) is 11.5 Å². The standard InChI is InChI=1S/C17H10ClFN2O3/c18-11-7-9(4-5-12(11)19)10-8-14(22)24-16-15(10)17(23)21-6-2-1-3-13(21)20-16/h1-7,10H,8H2/t10-/m0/s1. The Morgan fingerprint density at radius 3 is 2.88 bits per heavy atom. The Kier molecular flexibility index (Phi) is 3.35. The molecule has 0 N–H and O–H groups in total. The second-order valence-corrected chi connectivity index (χ2v) is 5.88. The summed E-state index contributed by atoms with van der Waals surface area (Å²) in [6.07, 6.45) is 1.56. The first kappa shape index (κ1) is 14.8. The molecule has 5 nitrogen and oxygen atoms in total. The lowest BCUT2D eigenvalue weighted by molar-refractivity contribution is -0.135. The molecule has 0 fully saturated rings. The van der Waals surface area contributed by atoms with E-state index in [1.807, 2.05) is 0 Å². The molecule has 0 amide bonds. The molecule has 0 spiro atoms. The van der Waals surface area contributed by atoms with E-state index in [1.54, 1.807) is 24.4 Å². The number of nitrogens with zero attached hydrogens (tertiary/aromatic N) is 2. The Morgan fingerprint density at radius 2 is 2.08 bits per heavy atom. The lowest BCUT2D eigenvalue weighted by atomic mass is 9.88. The van der Waals surface area contributed by atoms with Gasteiger partial charge in [-0.2, -0.15) is 4.98 Å². The number of ether oxygens (including phenoxy) is 1. The van der Waals surface area contributed by atoms with Crippen molar-refractivity contribution in [3.05, 3.63) is 74.9 Å². The third-order valence-corrected chi connectivity index (χ3v) is 4.30. The predicted molar refractivity (Wildman–Crippen MR) is 85.0 cm³/mol. The van der Waals surface area contributed by atoms with Gasteiger partial charge in [-0.3, -0.25) is 14.0 Å². The molecule has 0 saturated heterocycles. The molecule has 1 aliphatic rings. The molecule has 0 radical (unpaired) electrons. The van der Waals surface area contributed by atoms with Crippen LogP contribution in [0.3, 0.4) is 0 Å². The van der Waals surface area contributed by atoms with Crippen molar-refractivity contribution in [3.8, 4) is 5.88 Å². The Labute approximate surface area is 140 Å². The summed E-state index contributed by atoms with van der Waals surface area (Å²) in [5.74, 6) is -1.66. The van der Waals surface area contributed by atoms with Crippen LogP contribution in [0, 0.1) is 5.82 Å². The fraction of sp³-hybridized carbons (Fsp3) is 0.118. The number of esters is 1. The van der Waals surface area contributed by atoms with Gasteiger partial charge < -0.3 is 4.74 Å². The van der Waals surface area contributed by atoms with Crippen LogP contribution in [-0.4, -0.2) is 15.4 Å². The summed E-state index contributed by atoms with van der Waals surface area (Å²) in [6, 6.07) is 9.23. The second-order valence-electron chi connectivity index (χ2n) is 5.47. The van der Waals surface area contributed by atoms with Crippen molar-refractivity contribution in [2.75, 3.05) is 0 Å². The number of fused-ring (bicyclic) bond motifs is 2. The van der Waals surface area contributed by atoms with Crippen LogP contribution in [0.25, 0.3) is 5.65 Å². The number of aromatic nitrogens is 2. The van der Waals surface area contributed by atoms with Gasteiger partial charge in [-0.15, -0.1) is 0 Å². The molecule has 0 unspecified atom stereocenters. The molecule has 4 rings (SSSR count). The molecular weight excluding hydrogens is 335 g/mol. The number of halogens is 2. The zero-order chi connectivity index (χ0) is 16.8. The maximum absolute atomic E-state index is 13.4. The Morgan fingerprint density at radius 1 is 1.25 bits per heavy atom. The smallest absolute Gasteiger partial charge is 0.313 e. The molecular formula is C17H10ClFN2O3. The summed E-state index contributed by atoms with van der Waals surface area (Å²) in [4.78, 5) is 29.0. The van der Waals surface area contributed by atoms with Gasteiger partial charge in [0.05, 0.1) is 17.0 Å². The molecule has 0 saturated carbocycles. The summed E-state index contributed by atoms with van der Waals surface area (Å²) < 4.78 is 20.0. The maximum Gasteiger partial charge on any atom is 0.313 e. The van der Waals surface area contributed by atoms with Crippen molar-refractivity contribution in [2.24, 2.45) is 0 Å². The van der Waals surface area contributed by atoms with Crippen molar-refractivity contribution < 1.29 is 13.9 Å². The molecule has 3 heterocycles. The summed E-state index contributed by atoms with van der Waals surface area (Å²) in [6.45, 7) is 0. The predicted octanol–water partition coefficient (Wildman–Crippen LogP) is 2.93. The van der Waals surface area contributed by atoms with Gasteiger partial charge >= 0.3 is 5.97 Å². The molecule has 3 aromatic rings. The first-order chi connectivity index (χ1) is 11.5. The van der Waals surface area contributed by atoms with Gasteiger partial charge in [0, 0.05) is 12.1 Å². The lowest BCUT2D eigenvalue weighted by Crippen LogP contribution is -2.31. The van der Waals surface area contributed by atoms with Crippen LogP contribution in [-0.2, 0) is 4.79 Å². The molecule has 1 atom stereocenters. The third-order valence-electron chi connectivity index (χ3n) is 4.01. The van der Waals surface area contributed by atoms with Crippen LogP contribution < -0.4 is 10.3 Å². The van der Waals surface area contributed by atoms with Gasteiger partial charge in [-0.1, -0.05) is 23.7 Å². The van der Waals surface area contributed by atoms with Crippen molar-refractivity contribution in [1.82, 2.24) is 9.38 Å². The molecule has 0 aliphatic carbocycles. The zero-order valence-electron chi connectivity index (χ0n) is 12.2. The van der Waals surface area contributed by atoms with Crippen LogP contribution in [0.1, 0.15) is 23.5 Å². The van der Waals surface area contributed by atoms with Gasteiger partial charge in [0.2, 0.25) is 5.88 Å². The van der Waals surface area contributed by atoms with E-state index in [0.29, 0.717) is 11.2 Å². The van der Waals surface area contributed by atoms with Crippen molar-refractivity contribution in [3.63, 3.8) is 0 Å². The highest BCUT2D eigenvalue weighted by molar-refractivity contribution is 6.30. The van der Waals surface area contributed by atoms with Crippen LogP contribution in [0.4, 0.5) is 4.39 Å². The van der Waals surface area contributed by atoms with Gasteiger partial charge in [0.25, 0.3) is 5.56 Å². The summed E-state index contributed by atoms with van der Waals surface area (Å²) in [5, 5.41) is -0.0677. The normalized spacial score (nSPS) is 16.8. The average Bonchev–Trinajstić information content (AvgIpc) is 2.56. The van der Waals surface area contributed by atoms with Crippen molar-refractivity contribution >= 4 is 23.2 Å². The van der Waals surface area contributed by atoms with E-state index in [4.69, 9.17) is 16.3 Å². The maximum atomic E-state index is 13.4. The van der Waals surface area contributed by atoms with Crippen molar-refractivity contribution in [1.29, 1.82) is 0 Å². The number of carbonyl (C=O) groups is 1. The molecule has 7 heteroatoms. The molecule has 1 aromatic carbocycles. The molecule has 24 heavy (non-hydrogen) atoms. The van der Waals surface area contributed by atoms with Crippen LogP contribution >= 0.6 is 11.6 Å². The van der Waals surface area contributed by atoms with Crippen LogP contribution in [0.5, 0.6) is 5.88 Å². The highest BCUT2D eigenvalue weighted by atomic mass is 35.5. The minimum Gasteiger partial charge on any atom is -0.407 e. The number of benzene rings is 1. The van der Waals surface area contributed by atoms with E-state index in [2.05, 4.69) is 4.98 Å². The fourth-order valence-electron chi connectivity index (χ4n) is 2.89. The van der Waals surface area contributed by atoms with E-state index in [0.717, 1.165) is 0 Å². The molecule has 2 aromatic heterocycles. The third kappa shape index (κ3) is 2.27. The molecule has 1 aliphatic heterocycles. The number of rotatable bonds is 1. The quantitative estimate of drug-likeness (QED) is 0.637. The Bertz CT molecular complexity index is 1050.